The van der Waals surface area contributed by atoms with Crippen LogP contribution in [0, 0.1) is 5.92 Å². The van der Waals surface area contributed by atoms with Crippen molar-refractivity contribution >= 4 is 18.5 Å². The molecular weight excluding hydrogens is 246 g/mol. The fourth-order valence-electron chi connectivity index (χ4n) is 1.89. The number of hydrogen-bond donors (Lipinski definition) is 3. The van der Waals surface area contributed by atoms with Crippen molar-refractivity contribution in [1.29, 1.82) is 0 Å². The summed E-state index contributed by atoms with van der Waals surface area (Å²) in [6, 6.07) is 7.13. The molecule has 4 heteroatoms. The molecule has 3 nitrogen and oxygen atoms in total. The molecule has 0 spiro atoms. The van der Waals surface area contributed by atoms with Crippen LogP contribution in [0.1, 0.15) is 36.5 Å². The highest BCUT2D eigenvalue weighted by atomic mass is 32.1. The van der Waals surface area contributed by atoms with E-state index in [4.69, 9.17) is 5.11 Å². The zero-order valence-corrected chi connectivity index (χ0v) is 11.6. The lowest BCUT2D eigenvalue weighted by Gasteiger charge is -2.15. The molecule has 18 heavy (non-hydrogen) atoms. The Morgan fingerprint density at radius 1 is 1.33 bits per heavy atom. The molecule has 0 saturated carbocycles. The maximum Gasteiger partial charge on any atom is 0.251 e. The molecule has 100 valence electrons. The number of thiol groups is 1. The molecule has 0 bridgehead atoms. The summed E-state index contributed by atoms with van der Waals surface area (Å²) in [4.78, 5) is 12.7. The second-order valence-corrected chi connectivity index (χ2v) is 4.94. The number of hydrogen-bond acceptors (Lipinski definition) is 3. The maximum absolute atomic E-state index is 11.9. The summed E-state index contributed by atoms with van der Waals surface area (Å²) < 4.78 is 0. The molecule has 1 atom stereocenters. The van der Waals surface area contributed by atoms with Crippen molar-refractivity contribution in [3.8, 4) is 0 Å². The van der Waals surface area contributed by atoms with Crippen LogP contribution in [-0.2, 0) is 0 Å². The minimum atomic E-state index is -0.0672. The van der Waals surface area contributed by atoms with Crippen LogP contribution in [0.5, 0.6) is 0 Å². The van der Waals surface area contributed by atoms with Crippen LogP contribution in [0.15, 0.2) is 29.2 Å². The summed E-state index contributed by atoms with van der Waals surface area (Å²) in [6.07, 6.45) is 2.83. The Morgan fingerprint density at radius 3 is 2.56 bits per heavy atom. The van der Waals surface area contributed by atoms with Gasteiger partial charge in [0.2, 0.25) is 0 Å². The second kappa shape index (κ2) is 8.16. The number of nitrogens with one attached hydrogen (secondary N) is 1. The van der Waals surface area contributed by atoms with Gasteiger partial charge < -0.3 is 10.4 Å². The van der Waals surface area contributed by atoms with Gasteiger partial charge in [-0.25, -0.2) is 0 Å². The van der Waals surface area contributed by atoms with Crippen molar-refractivity contribution in [2.75, 3.05) is 13.2 Å². The van der Waals surface area contributed by atoms with Gasteiger partial charge in [0.1, 0.15) is 0 Å². The number of amides is 1. The van der Waals surface area contributed by atoms with Gasteiger partial charge in [-0.3, -0.25) is 4.79 Å². The second-order valence-electron chi connectivity index (χ2n) is 4.42. The number of aliphatic hydroxyl groups excluding tert-OH is 1. The number of carbonyl (C=O) groups is 1. The Morgan fingerprint density at radius 2 is 2.00 bits per heavy atom. The first-order valence-corrected chi connectivity index (χ1v) is 6.80. The van der Waals surface area contributed by atoms with Crippen LogP contribution in [0.25, 0.3) is 0 Å². The molecule has 1 amide bonds. The predicted molar refractivity (Wildman–Crippen MR) is 76.1 cm³/mol. The topological polar surface area (TPSA) is 49.3 Å². The molecular formula is C14H21NO2S. The SMILES string of the molecule is CCCC(CCO)CNC(=O)c1ccc(S)cc1. The Bertz CT molecular complexity index is 359. The standard InChI is InChI=1S/C14H21NO2S/c1-2-3-11(8-9-16)10-15-14(17)12-4-6-13(18)7-5-12/h4-7,11,16,18H,2-3,8-10H2,1H3,(H,15,17). The first-order valence-electron chi connectivity index (χ1n) is 6.35. The van der Waals surface area contributed by atoms with Crippen molar-refractivity contribution in [1.82, 2.24) is 5.32 Å². The summed E-state index contributed by atoms with van der Waals surface area (Å²) in [5, 5.41) is 11.9. The molecule has 1 unspecified atom stereocenters. The Balaban J connectivity index is 2.46. The lowest BCUT2D eigenvalue weighted by atomic mass is 10.00. The molecule has 0 saturated heterocycles. The van der Waals surface area contributed by atoms with Gasteiger partial charge in [0.05, 0.1) is 0 Å². The zero-order valence-electron chi connectivity index (χ0n) is 10.7. The highest BCUT2D eigenvalue weighted by Crippen LogP contribution is 2.11. The molecule has 1 aromatic rings. The highest BCUT2D eigenvalue weighted by Gasteiger charge is 2.10. The van der Waals surface area contributed by atoms with Crippen LogP contribution in [-0.4, -0.2) is 24.2 Å². The van der Waals surface area contributed by atoms with Crippen LogP contribution in [0.4, 0.5) is 0 Å². The summed E-state index contributed by atoms with van der Waals surface area (Å²) in [6.45, 7) is 2.91. The van der Waals surface area contributed by atoms with Crippen molar-refractivity contribution in [3.05, 3.63) is 29.8 Å². The van der Waals surface area contributed by atoms with E-state index >= 15 is 0 Å². The Hall–Kier alpha value is -1.00. The largest absolute Gasteiger partial charge is 0.396 e. The number of benzene rings is 1. The smallest absolute Gasteiger partial charge is 0.251 e. The van der Waals surface area contributed by atoms with Gasteiger partial charge in [-0.05, 0) is 43.0 Å². The molecule has 1 rings (SSSR count). The van der Waals surface area contributed by atoms with E-state index in [1.54, 1.807) is 24.3 Å². The van der Waals surface area contributed by atoms with Gasteiger partial charge in [-0.2, -0.15) is 0 Å². The first-order chi connectivity index (χ1) is 8.67. The molecule has 0 heterocycles. The van der Waals surface area contributed by atoms with Gasteiger partial charge in [0.25, 0.3) is 5.91 Å². The van der Waals surface area contributed by atoms with Crippen molar-refractivity contribution in [2.45, 2.75) is 31.1 Å². The third-order valence-electron chi connectivity index (χ3n) is 2.92. The molecule has 0 aromatic heterocycles. The first kappa shape index (κ1) is 15.1. The minimum Gasteiger partial charge on any atom is -0.396 e. The average Bonchev–Trinajstić information content (AvgIpc) is 2.37. The quantitative estimate of drug-likeness (QED) is 0.665. The molecule has 1 aromatic carbocycles. The lowest BCUT2D eigenvalue weighted by molar-refractivity contribution is 0.0943. The van der Waals surface area contributed by atoms with Crippen molar-refractivity contribution in [2.24, 2.45) is 5.92 Å². The van der Waals surface area contributed by atoms with E-state index in [9.17, 15) is 4.79 Å². The van der Waals surface area contributed by atoms with Crippen LogP contribution in [0.2, 0.25) is 0 Å². The predicted octanol–water partition coefficient (Wildman–Crippen LogP) is 2.50. The van der Waals surface area contributed by atoms with Gasteiger partial charge in [-0.1, -0.05) is 13.3 Å². The molecule has 2 N–H and O–H groups in total. The van der Waals surface area contributed by atoms with E-state index < -0.39 is 0 Å². The van der Waals surface area contributed by atoms with E-state index in [-0.39, 0.29) is 12.5 Å². The highest BCUT2D eigenvalue weighted by molar-refractivity contribution is 7.80. The van der Waals surface area contributed by atoms with E-state index in [0.717, 1.165) is 24.2 Å². The Labute approximate surface area is 114 Å². The fraction of sp³-hybridized carbons (Fsp3) is 0.500. The Kier molecular flexibility index (Phi) is 6.83. The van der Waals surface area contributed by atoms with Gasteiger partial charge in [0, 0.05) is 23.6 Å². The molecule has 0 radical (unpaired) electrons. The minimum absolute atomic E-state index is 0.0672. The molecule has 0 fully saturated rings. The van der Waals surface area contributed by atoms with Gasteiger partial charge in [-0.15, -0.1) is 12.6 Å². The lowest BCUT2D eigenvalue weighted by Crippen LogP contribution is -2.29. The van der Waals surface area contributed by atoms with E-state index in [1.807, 2.05) is 0 Å². The number of carbonyl (C=O) groups excluding carboxylic acids is 1. The monoisotopic (exact) mass is 267 g/mol. The fourth-order valence-corrected chi connectivity index (χ4v) is 2.04. The van der Waals surface area contributed by atoms with Gasteiger partial charge >= 0.3 is 0 Å². The number of rotatable bonds is 7. The maximum atomic E-state index is 11.9. The molecule has 0 aliphatic heterocycles. The van der Waals surface area contributed by atoms with E-state index in [0.29, 0.717) is 18.0 Å². The van der Waals surface area contributed by atoms with E-state index in [2.05, 4.69) is 24.9 Å². The summed E-state index contributed by atoms with van der Waals surface area (Å²) >= 11 is 4.18. The van der Waals surface area contributed by atoms with E-state index in [1.165, 1.54) is 0 Å². The summed E-state index contributed by atoms with van der Waals surface area (Å²) in [5.41, 5.74) is 0.645. The van der Waals surface area contributed by atoms with Gasteiger partial charge in [0.15, 0.2) is 0 Å². The zero-order chi connectivity index (χ0) is 13.4. The van der Waals surface area contributed by atoms with Crippen molar-refractivity contribution in [3.63, 3.8) is 0 Å². The van der Waals surface area contributed by atoms with Crippen LogP contribution >= 0.6 is 12.6 Å². The average molecular weight is 267 g/mol. The van der Waals surface area contributed by atoms with Crippen LogP contribution < -0.4 is 5.32 Å². The van der Waals surface area contributed by atoms with Crippen molar-refractivity contribution < 1.29 is 9.90 Å². The third-order valence-corrected chi connectivity index (χ3v) is 3.21. The third kappa shape index (κ3) is 5.10. The van der Waals surface area contributed by atoms with Crippen LogP contribution in [0.3, 0.4) is 0 Å². The molecule has 0 aliphatic carbocycles. The summed E-state index contributed by atoms with van der Waals surface area (Å²) in [5.74, 6) is 0.287. The summed E-state index contributed by atoms with van der Waals surface area (Å²) in [7, 11) is 0. The number of aliphatic hydroxyl groups is 1. The normalized spacial score (nSPS) is 12.2. The molecule has 0 aliphatic rings.